The molecule has 0 radical (unpaired) electrons. The van der Waals surface area contributed by atoms with Crippen molar-refractivity contribution >= 4 is 5.91 Å². The second kappa shape index (κ2) is 6.06. The summed E-state index contributed by atoms with van der Waals surface area (Å²) in [6.45, 7) is 1.85. The van der Waals surface area contributed by atoms with Gasteiger partial charge in [0.1, 0.15) is 11.3 Å². The number of pyridine rings is 1. The molecule has 1 aromatic carbocycles. The molecule has 1 unspecified atom stereocenters. The Bertz CT molecular complexity index is 664. The zero-order valence-electron chi connectivity index (χ0n) is 11.3. The largest absolute Gasteiger partial charge is 0.497 e. The van der Waals surface area contributed by atoms with Crippen LogP contribution in [-0.2, 0) is 0 Å². The van der Waals surface area contributed by atoms with Gasteiger partial charge in [0, 0.05) is 18.5 Å². The second-order valence-corrected chi connectivity index (χ2v) is 4.39. The highest BCUT2D eigenvalue weighted by Crippen LogP contribution is 2.18. The van der Waals surface area contributed by atoms with Crippen LogP contribution in [0.4, 0.5) is 0 Å². The lowest BCUT2D eigenvalue weighted by Crippen LogP contribution is -2.30. The number of nitrogens with one attached hydrogen (secondary N) is 2. The first-order valence-electron chi connectivity index (χ1n) is 6.23. The molecule has 0 saturated heterocycles. The Morgan fingerprint density at radius 1 is 1.35 bits per heavy atom. The molecular formula is C15H16N2O3. The standard InChI is InChI=1S/C15H16N2O3/c1-10(11-4-3-5-12(8-11)20-2)17-15(19)13-9-16-7-6-14(13)18/h3-10H,1-2H3,(H,16,18)(H,17,19). The molecule has 0 saturated carbocycles. The minimum Gasteiger partial charge on any atom is -0.497 e. The van der Waals surface area contributed by atoms with Gasteiger partial charge in [0.05, 0.1) is 13.2 Å². The van der Waals surface area contributed by atoms with Gasteiger partial charge in [-0.3, -0.25) is 9.59 Å². The number of aromatic nitrogens is 1. The third-order valence-corrected chi connectivity index (χ3v) is 3.01. The molecule has 0 aliphatic heterocycles. The number of aromatic amines is 1. The maximum Gasteiger partial charge on any atom is 0.257 e. The smallest absolute Gasteiger partial charge is 0.257 e. The lowest BCUT2D eigenvalue weighted by molar-refractivity contribution is 0.0938. The number of hydrogen-bond donors (Lipinski definition) is 2. The van der Waals surface area contributed by atoms with E-state index < -0.39 is 5.91 Å². The van der Waals surface area contributed by atoms with E-state index in [-0.39, 0.29) is 17.0 Å². The van der Waals surface area contributed by atoms with Crippen molar-refractivity contribution in [1.82, 2.24) is 10.3 Å². The SMILES string of the molecule is COc1cccc(C(C)NC(=O)c2c[nH]ccc2=O)c1. The summed E-state index contributed by atoms with van der Waals surface area (Å²) >= 11 is 0. The van der Waals surface area contributed by atoms with E-state index >= 15 is 0 Å². The summed E-state index contributed by atoms with van der Waals surface area (Å²) in [4.78, 5) is 26.4. The average Bonchev–Trinajstić information content (AvgIpc) is 2.47. The number of ether oxygens (including phenoxy) is 1. The molecule has 5 nitrogen and oxygen atoms in total. The third-order valence-electron chi connectivity index (χ3n) is 3.01. The van der Waals surface area contributed by atoms with Crippen LogP contribution in [0, 0.1) is 0 Å². The highest BCUT2D eigenvalue weighted by Gasteiger charge is 2.14. The van der Waals surface area contributed by atoms with E-state index in [1.54, 1.807) is 7.11 Å². The number of rotatable bonds is 4. The summed E-state index contributed by atoms with van der Waals surface area (Å²) < 4.78 is 5.15. The van der Waals surface area contributed by atoms with Crippen molar-refractivity contribution in [3.8, 4) is 5.75 Å². The van der Waals surface area contributed by atoms with Gasteiger partial charge in [0.2, 0.25) is 0 Å². The summed E-state index contributed by atoms with van der Waals surface area (Å²) in [5.41, 5.74) is 0.700. The van der Waals surface area contributed by atoms with E-state index in [4.69, 9.17) is 4.74 Å². The van der Waals surface area contributed by atoms with E-state index in [2.05, 4.69) is 10.3 Å². The summed E-state index contributed by atoms with van der Waals surface area (Å²) in [6.07, 6.45) is 2.89. The molecule has 1 heterocycles. The Morgan fingerprint density at radius 2 is 2.15 bits per heavy atom. The van der Waals surface area contributed by atoms with Crippen LogP contribution < -0.4 is 15.5 Å². The molecule has 20 heavy (non-hydrogen) atoms. The van der Waals surface area contributed by atoms with E-state index in [9.17, 15) is 9.59 Å². The Morgan fingerprint density at radius 3 is 2.85 bits per heavy atom. The average molecular weight is 272 g/mol. The summed E-state index contributed by atoms with van der Waals surface area (Å²) in [5.74, 6) is 0.323. The molecule has 0 aliphatic rings. The van der Waals surface area contributed by atoms with E-state index in [1.807, 2.05) is 31.2 Å². The molecular weight excluding hydrogens is 256 g/mol. The zero-order chi connectivity index (χ0) is 14.5. The molecule has 1 amide bonds. The fourth-order valence-corrected chi connectivity index (χ4v) is 1.86. The third kappa shape index (κ3) is 3.06. The molecule has 104 valence electrons. The molecule has 0 bridgehead atoms. The number of methoxy groups -OCH3 is 1. The molecule has 1 atom stereocenters. The van der Waals surface area contributed by atoms with Gasteiger partial charge in [0.15, 0.2) is 5.43 Å². The van der Waals surface area contributed by atoms with Crippen molar-refractivity contribution in [2.75, 3.05) is 7.11 Å². The number of hydrogen-bond acceptors (Lipinski definition) is 3. The van der Waals surface area contributed by atoms with Gasteiger partial charge < -0.3 is 15.0 Å². The highest BCUT2D eigenvalue weighted by atomic mass is 16.5. The predicted molar refractivity (Wildman–Crippen MR) is 75.9 cm³/mol. The zero-order valence-corrected chi connectivity index (χ0v) is 11.3. The molecule has 2 aromatic rings. The number of carbonyl (C=O) groups is 1. The van der Waals surface area contributed by atoms with Crippen molar-refractivity contribution in [3.63, 3.8) is 0 Å². The molecule has 1 aromatic heterocycles. The fraction of sp³-hybridized carbons (Fsp3) is 0.200. The topological polar surface area (TPSA) is 71.2 Å². The fourth-order valence-electron chi connectivity index (χ4n) is 1.86. The van der Waals surface area contributed by atoms with Crippen LogP contribution in [-0.4, -0.2) is 18.0 Å². The van der Waals surface area contributed by atoms with Gasteiger partial charge in [0.25, 0.3) is 5.91 Å². The van der Waals surface area contributed by atoms with Crippen molar-refractivity contribution in [2.24, 2.45) is 0 Å². The number of amides is 1. The van der Waals surface area contributed by atoms with E-state index in [0.717, 1.165) is 11.3 Å². The Kier molecular flexibility index (Phi) is 4.20. The second-order valence-electron chi connectivity index (χ2n) is 4.39. The number of carbonyl (C=O) groups excluding carboxylic acids is 1. The van der Waals surface area contributed by atoms with Gasteiger partial charge in [-0.25, -0.2) is 0 Å². The maximum atomic E-state index is 12.0. The van der Waals surface area contributed by atoms with Gasteiger partial charge in [-0.2, -0.15) is 0 Å². The van der Waals surface area contributed by atoms with Crippen LogP contribution in [0.2, 0.25) is 0 Å². The highest BCUT2D eigenvalue weighted by molar-refractivity contribution is 5.93. The minimum absolute atomic E-state index is 0.0993. The lowest BCUT2D eigenvalue weighted by Gasteiger charge is -2.14. The summed E-state index contributed by atoms with van der Waals surface area (Å²) in [5, 5.41) is 2.79. The number of H-pyrrole nitrogens is 1. The van der Waals surface area contributed by atoms with Crippen LogP contribution in [0.15, 0.2) is 47.5 Å². The molecule has 2 rings (SSSR count). The Hall–Kier alpha value is -2.56. The molecule has 0 aliphatic carbocycles. The monoisotopic (exact) mass is 272 g/mol. The maximum absolute atomic E-state index is 12.0. The van der Waals surface area contributed by atoms with Crippen LogP contribution >= 0.6 is 0 Å². The first-order valence-corrected chi connectivity index (χ1v) is 6.23. The van der Waals surface area contributed by atoms with Crippen molar-refractivity contribution < 1.29 is 9.53 Å². The van der Waals surface area contributed by atoms with Crippen LogP contribution in [0.3, 0.4) is 0 Å². The quantitative estimate of drug-likeness (QED) is 0.892. The Balaban J connectivity index is 2.15. The molecule has 2 N–H and O–H groups in total. The minimum atomic E-state index is -0.401. The van der Waals surface area contributed by atoms with Gasteiger partial charge in [-0.1, -0.05) is 12.1 Å². The number of benzene rings is 1. The van der Waals surface area contributed by atoms with E-state index in [1.165, 1.54) is 18.5 Å². The van der Waals surface area contributed by atoms with Crippen LogP contribution in [0.5, 0.6) is 5.75 Å². The van der Waals surface area contributed by atoms with Gasteiger partial charge in [-0.05, 0) is 24.6 Å². The van der Waals surface area contributed by atoms with Crippen molar-refractivity contribution in [2.45, 2.75) is 13.0 Å². The lowest BCUT2D eigenvalue weighted by atomic mass is 10.1. The van der Waals surface area contributed by atoms with Crippen LogP contribution in [0.1, 0.15) is 28.9 Å². The Labute approximate surface area is 116 Å². The predicted octanol–water partition coefficient (Wildman–Crippen LogP) is 1.87. The van der Waals surface area contributed by atoms with Crippen molar-refractivity contribution in [1.29, 1.82) is 0 Å². The van der Waals surface area contributed by atoms with Crippen molar-refractivity contribution in [3.05, 3.63) is 64.1 Å². The molecule has 0 fully saturated rings. The summed E-state index contributed by atoms with van der Waals surface area (Å²) in [6, 6.07) is 8.53. The first kappa shape index (κ1) is 13.9. The summed E-state index contributed by atoms with van der Waals surface area (Å²) in [7, 11) is 1.59. The molecule has 0 spiro atoms. The first-order chi connectivity index (χ1) is 9.61. The normalized spacial score (nSPS) is 11.7. The van der Waals surface area contributed by atoms with E-state index in [0.29, 0.717) is 0 Å². The van der Waals surface area contributed by atoms with Gasteiger partial charge >= 0.3 is 0 Å². The molecule has 5 heteroatoms. The van der Waals surface area contributed by atoms with Gasteiger partial charge in [-0.15, -0.1) is 0 Å². The van der Waals surface area contributed by atoms with Crippen LogP contribution in [0.25, 0.3) is 0 Å².